The Morgan fingerprint density at radius 3 is 2.69 bits per heavy atom. The lowest BCUT2D eigenvalue weighted by atomic mass is 10.2. The molecule has 0 radical (unpaired) electrons. The molecule has 0 saturated carbocycles. The van der Waals surface area contributed by atoms with E-state index in [1.165, 1.54) is 6.07 Å². The Hall–Kier alpha value is -1.90. The van der Waals surface area contributed by atoms with Gasteiger partial charge in [-0.15, -0.1) is 0 Å². The van der Waals surface area contributed by atoms with Gasteiger partial charge in [-0.25, -0.2) is 13.8 Å². The summed E-state index contributed by atoms with van der Waals surface area (Å²) in [6.07, 6.45) is -2.88. The average molecular weight is 185 g/mol. The quantitative estimate of drug-likeness (QED) is 0.688. The lowest BCUT2D eigenvalue weighted by Crippen LogP contribution is -2.00. The molecular weight excluding hydrogens is 180 g/mol. The second-order valence-electron chi connectivity index (χ2n) is 2.24. The Bertz CT molecular complexity index is 373. The Balaban J connectivity index is 3.35. The highest BCUT2D eigenvalue weighted by atomic mass is 19.3. The van der Waals surface area contributed by atoms with Crippen LogP contribution in [-0.2, 0) is 0 Å². The molecule has 1 rings (SSSR count). The minimum atomic E-state index is -2.88. The molecule has 0 atom stereocenters. The maximum absolute atomic E-state index is 12.2. The van der Waals surface area contributed by atoms with E-state index in [4.69, 9.17) is 16.1 Å². The van der Waals surface area contributed by atoms with Gasteiger partial charge in [0.1, 0.15) is 11.8 Å². The van der Waals surface area contributed by atoms with E-state index in [1.54, 1.807) is 0 Å². The minimum Gasteiger partial charge on any atom is -0.504 e. The van der Waals surface area contributed by atoms with E-state index in [9.17, 15) is 8.78 Å². The standard InChI is InChI=1S/C7H5F2N3O/c8-6(9)5-3(2-10)1-4(13)7(11)12-5/h1,6,13H,(H2,11,12). The smallest absolute Gasteiger partial charge is 0.281 e. The first-order valence-electron chi connectivity index (χ1n) is 3.24. The number of nitriles is 1. The van der Waals surface area contributed by atoms with Crippen LogP contribution in [0, 0.1) is 11.3 Å². The first kappa shape index (κ1) is 9.19. The van der Waals surface area contributed by atoms with Crippen LogP contribution in [0.2, 0.25) is 0 Å². The molecule has 0 aliphatic carbocycles. The first-order valence-corrected chi connectivity index (χ1v) is 3.24. The van der Waals surface area contributed by atoms with E-state index >= 15 is 0 Å². The normalized spacial score (nSPS) is 10.0. The van der Waals surface area contributed by atoms with E-state index in [2.05, 4.69) is 4.98 Å². The highest BCUT2D eigenvalue weighted by Gasteiger charge is 2.17. The molecular formula is C7H5F2N3O. The summed E-state index contributed by atoms with van der Waals surface area (Å²) in [6.45, 7) is 0. The number of alkyl halides is 2. The lowest BCUT2D eigenvalue weighted by molar-refractivity contribution is 0.146. The van der Waals surface area contributed by atoms with Crippen molar-refractivity contribution in [3.8, 4) is 11.8 Å². The zero-order valence-electron chi connectivity index (χ0n) is 6.33. The molecule has 6 heteroatoms. The molecule has 4 nitrogen and oxygen atoms in total. The van der Waals surface area contributed by atoms with Gasteiger partial charge in [0.05, 0.1) is 5.56 Å². The number of aromatic nitrogens is 1. The fourth-order valence-corrected chi connectivity index (χ4v) is 0.788. The average Bonchev–Trinajstić information content (AvgIpc) is 2.08. The summed E-state index contributed by atoms with van der Waals surface area (Å²) in [4.78, 5) is 3.20. The number of anilines is 1. The second kappa shape index (κ2) is 3.23. The summed E-state index contributed by atoms with van der Waals surface area (Å²) in [7, 11) is 0. The Morgan fingerprint density at radius 2 is 2.23 bits per heavy atom. The third-order valence-corrected chi connectivity index (χ3v) is 1.39. The van der Waals surface area contributed by atoms with Gasteiger partial charge in [0.15, 0.2) is 11.6 Å². The predicted octanol–water partition coefficient (Wildman–Crippen LogP) is 1.18. The molecule has 1 aromatic heterocycles. The number of pyridine rings is 1. The number of hydrogen-bond acceptors (Lipinski definition) is 4. The van der Waals surface area contributed by atoms with Crippen LogP contribution >= 0.6 is 0 Å². The molecule has 68 valence electrons. The van der Waals surface area contributed by atoms with Gasteiger partial charge in [-0.3, -0.25) is 0 Å². The largest absolute Gasteiger partial charge is 0.504 e. The third kappa shape index (κ3) is 1.64. The third-order valence-electron chi connectivity index (χ3n) is 1.39. The minimum absolute atomic E-state index is 0.373. The Morgan fingerprint density at radius 1 is 1.62 bits per heavy atom. The van der Waals surface area contributed by atoms with Crippen LogP contribution in [0.4, 0.5) is 14.6 Å². The highest BCUT2D eigenvalue weighted by molar-refractivity contribution is 5.51. The van der Waals surface area contributed by atoms with Crippen molar-refractivity contribution < 1.29 is 13.9 Å². The first-order chi connectivity index (χ1) is 6.06. The van der Waals surface area contributed by atoms with Gasteiger partial charge in [-0.1, -0.05) is 0 Å². The van der Waals surface area contributed by atoms with Gasteiger partial charge < -0.3 is 10.8 Å². The van der Waals surface area contributed by atoms with Gasteiger partial charge >= 0.3 is 0 Å². The highest BCUT2D eigenvalue weighted by Crippen LogP contribution is 2.26. The van der Waals surface area contributed by atoms with Crippen molar-refractivity contribution in [2.45, 2.75) is 6.43 Å². The van der Waals surface area contributed by atoms with E-state index < -0.39 is 23.7 Å². The van der Waals surface area contributed by atoms with Crippen molar-refractivity contribution in [1.82, 2.24) is 4.98 Å². The lowest BCUT2D eigenvalue weighted by Gasteiger charge is -2.03. The monoisotopic (exact) mass is 185 g/mol. The van der Waals surface area contributed by atoms with E-state index in [-0.39, 0.29) is 5.56 Å². The van der Waals surface area contributed by atoms with Crippen LogP contribution in [0.25, 0.3) is 0 Å². The van der Waals surface area contributed by atoms with Crippen LogP contribution in [-0.4, -0.2) is 10.1 Å². The fourth-order valence-electron chi connectivity index (χ4n) is 0.788. The predicted molar refractivity (Wildman–Crippen MR) is 40.0 cm³/mol. The number of nitrogens with zero attached hydrogens (tertiary/aromatic N) is 2. The molecule has 3 N–H and O–H groups in total. The zero-order chi connectivity index (χ0) is 10.0. The number of hydrogen-bond donors (Lipinski definition) is 2. The van der Waals surface area contributed by atoms with Crippen molar-refractivity contribution in [3.05, 3.63) is 17.3 Å². The molecule has 1 heterocycles. The summed E-state index contributed by atoms with van der Waals surface area (Å²) in [5.41, 5.74) is 3.99. The van der Waals surface area contributed by atoms with Gasteiger partial charge in [-0.2, -0.15) is 5.26 Å². The second-order valence-corrected chi connectivity index (χ2v) is 2.24. The maximum atomic E-state index is 12.2. The van der Waals surface area contributed by atoms with Crippen LogP contribution in [0.5, 0.6) is 5.75 Å². The Labute approximate surface area is 72.2 Å². The summed E-state index contributed by atoms with van der Waals surface area (Å²) < 4.78 is 24.4. The molecule has 13 heavy (non-hydrogen) atoms. The van der Waals surface area contributed by atoms with Gasteiger partial charge in [0.2, 0.25) is 0 Å². The number of nitrogens with two attached hydrogens (primary N) is 1. The number of rotatable bonds is 1. The molecule has 0 spiro atoms. The number of halogens is 2. The van der Waals surface area contributed by atoms with Gasteiger partial charge in [0.25, 0.3) is 6.43 Å². The van der Waals surface area contributed by atoms with Crippen LogP contribution in [0.3, 0.4) is 0 Å². The van der Waals surface area contributed by atoms with Crippen molar-refractivity contribution >= 4 is 5.82 Å². The molecule has 0 unspecified atom stereocenters. The van der Waals surface area contributed by atoms with Crippen molar-refractivity contribution in [3.63, 3.8) is 0 Å². The van der Waals surface area contributed by atoms with Crippen molar-refractivity contribution in [2.24, 2.45) is 0 Å². The zero-order valence-corrected chi connectivity index (χ0v) is 6.33. The molecule has 0 amide bonds. The number of nitrogen functional groups attached to an aromatic ring is 1. The molecule has 0 aromatic carbocycles. The van der Waals surface area contributed by atoms with Crippen LogP contribution < -0.4 is 5.73 Å². The number of aromatic hydroxyl groups is 1. The summed E-state index contributed by atoms with van der Waals surface area (Å²) >= 11 is 0. The van der Waals surface area contributed by atoms with Crippen molar-refractivity contribution in [2.75, 3.05) is 5.73 Å². The molecule has 0 aliphatic rings. The topological polar surface area (TPSA) is 82.9 Å². The molecule has 0 saturated heterocycles. The maximum Gasteiger partial charge on any atom is 0.281 e. The summed E-state index contributed by atoms with van der Waals surface area (Å²) in [5, 5.41) is 17.4. The fraction of sp³-hybridized carbons (Fsp3) is 0.143. The Kier molecular flexibility index (Phi) is 2.28. The van der Waals surface area contributed by atoms with Crippen molar-refractivity contribution in [1.29, 1.82) is 5.26 Å². The van der Waals surface area contributed by atoms with E-state index in [0.29, 0.717) is 0 Å². The molecule has 0 fully saturated rings. The van der Waals surface area contributed by atoms with Crippen LogP contribution in [0.15, 0.2) is 6.07 Å². The molecule has 0 bridgehead atoms. The van der Waals surface area contributed by atoms with E-state index in [0.717, 1.165) is 6.07 Å². The molecule has 0 aliphatic heterocycles. The van der Waals surface area contributed by atoms with Gasteiger partial charge in [-0.05, 0) is 0 Å². The summed E-state index contributed by atoms with van der Waals surface area (Å²) in [6, 6.07) is 2.35. The van der Waals surface area contributed by atoms with Gasteiger partial charge in [0, 0.05) is 6.07 Å². The van der Waals surface area contributed by atoms with Crippen LogP contribution in [0.1, 0.15) is 17.7 Å². The SMILES string of the molecule is N#Cc1cc(O)c(N)nc1C(F)F. The van der Waals surface area contributed by atoms with E-state index in [1.807, 2.05) is 0 Å². The molecule has 1 aromatic rings. The summed E-state index contributed by atoms with van der Waals surface area (Å²) in [5.74, 6) is -0.879.